The number of nitrogens with one attached hydrogen (secondary N) is 2. The van der Waals surface area contributed by atoms with E-state index in [0.717, 1.165) is 21.9 Å². The van der Waals surface area contributed by atoms with Gasteiger partial charge in [-0.2, -0.15) is 0 Å². The third kappa shape index (κ3) is 2.55. The van der Waals surface area contributed by atoms with Crippen molar-refractivity contribution in [1.82, 2.24) is 14.7 Å². The predicted octanol–water partition coefficient (Wildman–Crippen LogP) is 3.19. The van der Waals surface area contributed by atoms with Gasteiger partial charge in [-0.1, -0.05) is 30.3 Å². The molecule has 0 saturated carbocycles. The molecule has 0 saturated heterocycles. The Hall–Kier alpha value is -2.70. The SMILES string of the molecule is O=S(=O)(NCc1cccc2[nH]ccc12)c1cccc2cccnc12. The number of rotatable bonds is 4. The van der Waals surface area contributed by atoms with Crippen molar-refractivity contribution in [3.8, 4) is 0 Å². The van der Waals surface area contributed by atoms with Crippen LogP contribution in [-0.2, 0) is 16.6 Å². The Balaban J connectivity index is 1.69. The lowest BCUT2D eigenvalue weighted by atomic mass is 10.1. The van der Waals surface area contributed by atoms with Gasteiger partial charge in [0.1, 0.15) is 4.90 Å². The monoisotopic (exact) mass is 337 g/mol. The van der Waals surface area contributed by atoms with Gasteiger partial charge in [-0.15, -0.1) is 0 Å². The molecule has 0 atom stereocenters. The fourth-order valence-electron chi connectivity index (χ4n) is 2.85. The van der Waals surface area contributed by atoms with E-state index in [1.54, 1.807) is 24.4 Å². The maximum atomic E-state index is 12.7. The molecular formula is C18H15N3O2S. The summed E-state index contributed by atoms with van der Waals surface area (Å²) in [6, 6.07) is 16.5. The highest BCUT2D eigenvalue weighted by Crippen LogP contribution is 2.22. The van der Waals surface area contributed by atoms with Crippen LogP contribution in [0.2, 0.25) is 0 Å². The third-order valence-electron chi connectivity index (χ3n) is 4.02. The molecule has 120 valence electrons. The van der Waals surface area contributed by atoms with Crippen molar-refractivity contribution >= 4 is 31.8 Å². The maximum Gasteiger partial charge on any atom is 0.243 e. The number of aromatic amines is 1. The van der Waals surface area contributed by atoms with Gasteiger partial charge in [0.25, 0.3) is 0 Å². The molecule has 4 aromatic rings. The van der Waals surface area contributed by atoms with Crippen LogP contribution < -0.4 is 4.72 Å². The fourth-order valence-corrected chi connectivity index (χ4v) is 4.03. The molecule has 4 rings (SSSR count). The average Bonchev–Trinajstić information content (AvgIpc) is 3.09. The van der Waals surface area contributed by atoms with Gasteiger partial charge in [-0.05, 0) is 29.8 Å². The summed E-state index contributed by atoms with van der Waals surface area (Å²) in [5.41, 5.74) is 2.39. The highest BCUT2D eigenvalue weighted by Gasteiger charge is 2.18. The van der Waals surface area contributed by atoms with E-state index in [9.17, 15) is 8.42 Å². The minimum Gasteiger partial charge on any atom is -0.361 e. The van der Waals surface area contributed by atoms with E-state index in [-0.39, 0.29) is 11.4 Å². The normalized spacial score (nSPS) is 12.0. The zero-order valence-corrected chi connectivity index (χ0v) is 13.5. The Labute approximate surface area is 139 Å². The van der Waals surface area contributed by atoms with Crippen LogP contribution in [0.15, 0.2) is 71.9 Å². The quantitative estimate of drug-likeness (QED) is 0.600. The number of benzene rings is 2. The molecule has 0 aliphatic carbocycles. The predicted molar refractivity (Wildman–Crippen MR) is 94.1 cm³/mol. The van der Waals surface area contributed by atoms with E-state index in [1.165, 1.54) is 0 Å². The first-order valence-corrected chi connectivity index (χ1v) is 9.02. The summed E-state index contributed by atoms with van der Waals surface area (Å²) >= 11 is 0. The largest absolute Gasteiger partial charge is 0.361 e. The zero-order chi connectivity index (χ0) is 16.6. The molecule has 24 heavy (non-hydrogen) atoms. The molecule has 2 N–H and O–H groups in total. The van der Waals surface area contributed by atoms with Gasteiger partial charge in [0, 0.05) is 35.2 Å². The number of aromatic nitrogens is 2. The van der Waals surface area contributed by atoms with Crippen LogP contribution in [-0.4, -0.2) is 18.4 Å². The molecule has 0 unspecified atom stereocenters. The van der Waals surface area contributed by atoms with Crippen molar-refractivity contribution in [2.45, 2.75) is 11.4 Å². The summed E-state index contributed by atoms with van der Waals surface area (Å²) in [5, 5.41) is 1.81. The smallest absolute Gasteiger partial charge is 0.243 e. The van der Waals surface area contributed by atoms with Crippen molar-refractivity contribution < 1.29 is 8.42 Å². The lowest BCUT2D eigenvalue weighted by Gasteiger charge is -2.09. The molecule has 0 bridgehead atoms. The highest BCUT2D eigenvalue weighted by atomic mass is 32.2. The number of sulfonamides is 1. The molecule has 6 heteroatoms. The van der Waals surface area contributed by atoms with Gasteiger partial charge in [-0.25, -0.2) is 13.1 Å². The van der Waals surface area contributed by atoms with E-state index in [2.05, 4.69) is 14.7 Å². The number of pyridine rings is 1. The van der Waals surface area contributed by atoms with Gasteiger partial charge in [0.2, 0.25) is 10.0 Å². The number of fused-ring (bicyclic) bond motifs is 2. The molecule has 0 amide bonds. The minimum atomic E-state index is -3.66. The third-order valence-corrected chi connectivity index (χ3v) is 5.46. The van der Waals surface area contributed by atoms with Gasteiger partial charge in [0.15, 0.2) is 0 Å². The van der Waals surface area contributed by atoms with Crippen molar-refractivity contribution in [1.29, 1.82) is 0 Å². The number of para-hydroxylation sites is 1. The van der Waals surface area contributed by atoms with Crippen molar-refractivity contribution in [2.24, 2.45) is 0 Å². The van der Waals surface area contributed by atoms with Gasteiger partial charge in [-0.3, -0.25) is 4.98 Å². The molecule has 0 aliphatic rings. The van der Waals surface area contributed by atoms with Crippen molar-refractivity contribution in [2.75, 3.05) is 0 Å². The molecule has 0 radical (unpaired) electrons. The first-order valence-electron chi connectivity index (χ1n) is 7.53. The fraction of sp³-hybridized carbons (Fsp3) is 0.0556. The Kier molecular flexibility index (Phi) is 3.55. The second-order valence-corrected chi connectivity index (χ2v) is 7.25. The molecule has 2 heterocycles. The molecule has 2 aromatic heterocycles. The molecule has 0 aliphatic heterocycles. The Bertz CT molecular complexity index is 1130. The van der Waals surface area contributed by atoms with Crippen LogP contribution in [0.5, 0.6) is 0 Å². The van der Waals surface area contributed by atoms with E-state index in [0.29, 0.717) is 5.52 Å². The second kappa shape index (κ2) is 5.74. The van der Waals surface area contributed by atoms with Crippen molar-refractivity contribution in [3.05, 3.63) is 72.6 Å². The lowest BCUT2D eigenvalue weighted by Crippen LogP contribution is -2.23. The maximum absolute atomic E-state index is 12.7. The van der Waals surface area contributed by atoms with Gasteiger partial charge in [0.05, 0.1) is 5.52 Å². The number of hydrogen-bond acceptors (Lipinski definition) is 3. The molecule has 5 nitrogen and oxygen atoms in total. The zero-order valence-electron chi connectivity index (χ0n) is 12.7. The standard InChI is InChI=1S/C18H15N3O2S/c22-24(23,17-8-2-4-13-6-3-10-20-18(13)17)21-12-14-5-1-7-16-15(14)9-11-19-16/h1-11,19,21H,12H2. The van der Waals surface area contributed by atoms with Crippen LogP contribution >= 0.6 is 0 Å². The highest BCUT2D eigenvalue weighted by molar-refractivity contribution is 7.89. The molecule has 0 fully saturated rings. The van der Waals surface area contributed by atoms with E-state index in [1.807, 2.05) is 42.6 Å². The van der Waals surface area contributed by atoms with Crippen LogP contribution in [0.25, 0.3) is 21.8 Å². The summed E-state index contributed by atoms with van der Waals surface area (Å²) in [4.78, 5) is 7.54. The average molecular weight is 337 g/mol. The first kappa shape index (κ1) is 14.9. The Morgan fingerprint density at radius 2 is 1.83 bits per heavy atom. The summed E-state index contributed by atoms with van der Waals surface area (Å²) < 4.78 is 28.2. The van der Waals surface area contributed by atoms with Crippen LogP contribution in [0.4, 0.5) is 0 Å². The van der Waals surface area contributed by atoms with E-state index < -0.39 is 10.0 Å². The molecule has 0 spiro atoms. The first-order chi connectivity index (χ1) is 11.6. The molecule has 2 aromatic carbocycles. The second-order valence-electron chi connectivity index (χ2n) is 5.51. The Morgan fingerprint density at radius 1 is 1.00 bits per heavy atom. The summed E-state index contributed by atoms with van der Waals surface area (Å²) in [6.07, 6.45) is 3.44. The molecular weight excluding hydrogens is 322 g/mol. The summed E-state index contributed by atoms with van der Waals surface area (Å²) in [7, 11) is -3.66. The van der Waals surface area contributed by atoms with Crippen LogP contribution in [0, 0.1) is 0 Å². The van der Waals surface area contributed by atoms with E-state index in [4.69, 9.17) is 0 Å². The summed E-state index contributed by atoms with van der Waals surface area (Å²) in [6.45, 7) is 0.223. The van der Waals surface area contributed by atoms with Gasteiger partial charge >= 0.3 is 0 Å². The van der Waals surface area contributed by atoms with Gasteiger partial charge < -0.3 is 4.98 Å². The Morgan fingerprint density at radius 3 is 2.75 bits per heavy atom. The van der Waals surface area contributed by atoms with Crippen molar-refractivity contribution in [3.63, 3.8) is 0 Å². The summed E-state index contributed by atoms with van der Waals surface area (Å²) in [5.74, 6) is 0. The lowest BCUT2D eigenvalue weighted by molar-refractivity contribution is 0.582. The number of H-pyrrole nitrogens is 1. The van der Waals surface area contributed by atoms with Crippen LogP contribution in [0.1, 0.15) is 5.56 Å². The van der Waals surface area contributed by atoms with Crippen LogP contribution in [0.3, 0.4) is 0 Å². The minimum absolute atomic E-state index is 0.196. The number of nitrogens with zero attached hydrogens (tertiary/aromatic N) is 1. The number of hydrogen-bond donors (Lipinski definition) is 2. The van der Waals surface area contributed by atoms with E-state index >= 15 is 0 Å². The topological polar surface area (TPSA) is 74.8 Å².